The van der Waals surface area contributed by atoms with Crippen molar-refractivity contribution >= 4 is 46.7 Å². The van der Waals surface area contributed by atoms with E-state index in [1.807, 2.05) is 6.20 Å². The van der Waals surface area contributed by atoms with Crippen molar-refractivity contribution < 1.29 is 0 Å². The minimum atomic E-state index is 0. The molecule has 1 fully saturated rings. The molecule has 2 aromatic heterocycles. The first-order valence-electron chi connectivity index (χ1n) is 10.6. The number of H-pyrrole nitrogens is 1. The van der Waals surface area contributed by atoms with E-state index in [-0.39, 0.29) is 24.0 Å². The molecule has 3 heterocycles. The summed E-state index contributed by atoms with van der Waals surface area (Å²) in [5, 5.41) is 8.07. The van der Waals surface area contributed by atoms with Crippen LogP contribution in [0.4, 0.5) is 5.82 Å². The fourth-order valence-corrected chi connectivity index (χ4v) is 3.80. The molecular formula is C23H32IN7. The normalized spacial score (nSPS) is 15.0. The highest BCUT2D eigenvalue weighted by Crippen LogP contribution is 2.17. The molecule has 0 aliphatic carbocycles. The van der Waals surface area contributed by atoms with Gasteiger partial charge < -0.3 is 25.4 Å². The maximum Gasteiger partial charge on any atom is 0.191 e. The molecule has 4 rings (SSSR count). The number of guanidine groups is 1. The van der Waals surface area contributed by atoms with Crippen LogP contribution in [0, 0.1) is 0 Å². The number of hydrogen-bond acceptors (Lipinski definition) is 4. The molecule has 8 heteroatoms. The second-order valence-electron chi connectivity index (χ2n) is 7.78. The van der Waals surface area contributed by atoms with E-state index in [0.717, 1.165) is 56.5 Å². The number of aliphatic imine (C=N–C) groups is 1. The lowest BCUT2D eigenvalue weighted by Crippen LogP contribution is -2.44. The Morgan fingerprint density at radius 1 is 1.10 bits per heavy atom. The summed E-state index contributed by atoms with van der Waals surface area (Å²) in [6, 6.07) is 12.7. The second kappa shape index (κ2) is 11.3. The molecule has 0 radical (unpaired) electrons. The van der Waals surface area contributed by atoms with E-state index in [2.05, 4.69) is 85.0 Å². The average Bonchev–Trinajstić information content (AvgIpc) is 3.20. The van der Waals surface area contributed by atoms with Gasteiger partial charge in [0.2, 0.25) is 0 Å². The standard InChI is InChI=1S/C23H31N7.HI/c1-24-23(25-10-9-19-17-26-21-6-4-3-5-20(19)21)28-16-18-7-8-22(27-15-18)30-13-11-29(2)12-14-30;/h3-8,15,17,26H,9-14,16H2,1-2H3,(H2,24,25,28);1H. The number of aromatic nitrogens is 2. The number of anilines is 1. The smallest absolute Gasteiger partial charge is 0.191 e. The molecule has 0 atom stereocenters. The number of piperazine rings is 1. The first kappa shape index (κ1) is 23.3. The molecule has 0 unspecified atom stereocenters. The molecule has 31 heavy (non-hydrogen) atoms. The van der Waals surface area contributed by atoms with Crippen molar-refractivity contribution in [3.8, 4) is 0 Å². The average molecular weight is 533 g/mol. The first-order chi connectivity index (χ1) is 14.7. The van der Waals surface area contributed by atoms with Crippen molar-refractivity contribution in [1.82, 2.24) is 25.5 Å². The zero-order valence-electron chi connectivity index (χ0n) is 18.3. The number of rotatable bonds is 6. The number of benzene rings is 1. The number of nitrogens with one attached hydrogen (secondary N) is 3. The van der Waals surface area contributed by atoms with E-state index in [1.165, 1.54) is 16.5 Å². The van der Waals surface area contributed by atoms with Gasteiger partial charge in [-0.2, -0.15) is 0 Å². The summed E-state index contributed by atoms with van der Waals surface area (Å²) < 4.78 is 0. The Morgan fingerprint density at radius 2 is 1.90 bits per heavy atom. The van der Waals surface area contributed by atoms with Crippen LogP contribution in [0.3, 0.4) is 0 Å². The highest BCUT2D eigenvalue weighted by Gasteiger charge is 2.14. The molecule has 1 aliphatic heterocycles. The minimum Gasteiger partial charge on any atom is -0.361 e. The molecule has 7 nitrogen and oxygen atoms in total. The monoisotopic (exact) mass is 533 g/mol. The van der Waals surface area contributed by atoms with E-state index in [1.54, 1.807) is 7.05 Å². The molecule has 166 valence electrons. The minimum absolute atomic E-state index is 0. The maximum absolute atomic E-state index is 4.66. The molecule has 0 saturated carbocycles. The Balaban J connectivity index is 0.00000272. The lowest BCUT2D eigenvalue weighted by Gasteiger charge is -2.33. The Morgan fingerprint density at radius 3 is 2.65 bits per heavy atom. The Hall–Kier alpha value is -2.33. The third-order valence-electron chi connectivity index (χ3n) is 5.68. The van der Waals surface area contributed by atoms with Gasteiger partial charge in [0, 0.05) is 69.6 Å². The fraction of sp³-hybridized carbons (Fsp3) is 0.391. The van der Waals surface area contributed by atoms with Crippen LogP contribution in [-0.4, -0.2) is 67.6 Å². The van der Waals surface area contributed by atoms with Gasteiger partial charge in [0.1, 0.15) is 5.82 Å². The number of nitrogens with zero attached hydrogens (tertiary/aromatic N) is 4. The highest BCUT2D eigenvalue weighted by atomic mass is 127. The molecule has 1 aliphatic rings. The van der Waals surface area contributed by atoms with Crippen LogP contribution in [0.1, 0.15) is 11.1 Å². The van der Waals surface area contributed by atoms with Crippen LogP contribution in [0.15, 0.2) is 53.8 Å². The van der Waals surface area contributed by atoms with E-state index >= 15 is 0 Å². The van der Waals surface area contributed by atoms with Gasteiger partial charge in [0.25, 0.3) is 0 Å². The zero-order valence-corrected chi connectivity index (χ0v) is 20.6. The van der Waals surface area contributed by atoms with Gasteiger partial charge in [-0.05, 0) is 36.7 Å². The Bertz CT molecular complexity index is 975. The summed E-state index contributed by atoms with van der Waals surface area (Å²) >= 11 is 0. The van der Waals surface area contributed by atoms with Crippen molar-refractivity contribution in [3.05, 3.63) is 59.9 Å². The Kier molecular flexibility index (Phi) is 8.53. The van der Waals surface area contributed by atoms with Crippen LogP contribution in [0.5, 0.6) is 0 Å². The molecule has 0 spiro atoms. The van der Waals surface area contributed by atoms with Crippen molar-refractivity contribution in [3.63, 3.8) is 0 Å². The highest BCUT2D eigenvalue weighted by molar-refractivity contribution is 14.0. The molecule has 1 saturated heterocycles. The molecule has 1 aromatic carbocycles. The van der Waals surface area contributed by atoms with E-state index in [0.29, 0.717) is 6.54 Å². The maximum atomic E-state index is 4.66. The summed E-state index contributed by atoms with van der Waals surface area (Å²) in [4.78, 5) is 17.0. The molecular weight excluding hydrogens is 501 g/mol. The largest absolute Gasteiger partial charge is 0.361 e. The predicted octanol–water partition coefficient (Wildman–Crippen LogP) is 2.84. The van der Waals surface area contributed by atoms with Gasteiger partial charge in [0.15, 0.2) is 5.96 Å². The quantitative estimate of drug-likeness (QED) is 0.258. The van der Waals surface area contributed by atoms with Crippen molar-refractivity contribution in [2.75, 3.05) is 51.7 Å². The zero-order chi connectivity index (χ0) is 20.8. The number of fused-ring (bicyclic) bond motifs is 1. The number of pyridine rings is 1. The van der Waals surface area contributed by atoms with Crippen LogP contribution < -0.4 is 15.5 Å². The number of likely N-dealkylation sites (N-methyl/N-ethyl adjacent to an activating group) is 1. The van der Waals surface area contributed by atoms with E-state index < -0.39 is 0 Å². The number of hydrogen-bond donors (Lipinski definition) is 3. The van der Waals surface area contributed by atoms with Gasteiger partial charge in [0.05, 0.1) is 0 Å². The summed E-state index contributed by atoms with van der Waals surface area (Å²) in [7, 11) is 3.97. The van der Waals surface area contributed by atoms with Gasteiger partial charge >= 0.3 is 0 Å². The van der Waals surface area contributed by atoms with Gasteiger partial charge in [-0.3, -0.25) is 4.99 Å². The van der Waals surface area contributed by atoms with E-state index in [9.17, 15) is 0 Å². The van der Waals surface area contributed by atoms with Gasteiger partial charge in [-0.1, -0.05) is 24.3 Å². The van der Waals surface area contributed by atoms with Crippen molar-refractivity contribution in [1.29, 1.82) is 0 Å². The topological polar surface area (TPSA) is 71.6 Å². The Labute approximate surface area is 201 Å². The van der Waals surface area contributed by atoms with Crippen LogP contribution >= 0.6 is 24.0 Å². The van der Waals surface area contributed by atoms with Crippen LogP contribution in [0.2, 0.25) is 0 Å². The lowest BCUT2D eigenvalue weighted by atomic mass is 10.1. The van der Waals surface area contributed by atoms with Crippen LogP contribution in [0.25, 0.3) is 10.9 Å². The molecule has 3 N–H and O–H groups in total. The molecule has 3 aromatic rings. The molecule has 0 bridgehead atoms. The first-order valence-corrected chi connectivity index (χ1v) is 10.6. The number of para-hydroxylation sites is 1. The summed E-state index contributed by atoms with van der Waals surface area (Å²) in [6.45, 7) is 5.77. The van der Waals surface area contributed by atoms with Crippen molar-refractivity contribution in [2.45, 2.75) is 13.0 Å². The lowest BCUT2D eigenvalue weighted by molar-refractivity contribution is 0.312. The summed E-state index contributed by atoms with van der Waals surface area (Å²) in [5.74, 6) is 1.87. The fourth-order valence-electron chi connectivity index (χ4n) is 3.80. The number of halogens is 1. The summed E-state index contributed by atoms with van der Waals surface area (Å²) in [5.41, 5.74) is 3.65. The number of aromatic amines is 1. The second-order valence-corrected chi connectivity index (χ2v) is 7.78. The third-order valence-corrected chi connectivity index (χ3v) is 5.68. The molecule has 0 amide bonds. The van der Waals surface area contributed by atoms with Gasteiger partial charge in [-0.25, -0.2) is 4.98 Å². The van der Waals surface area contributed by atoms with Crippen LogP contribution in [-0.2, 0) is 13.0 Å². The van der Waals surface area contributed by atoms with E-state index in [4.69, 9.17) is 0 Å². The summed E-state index contributed by atoms with van der Waals surface area (Å²) in [6.07, 6.45) is 4.99. The predicted molar refractivity (Wildman–Crippen MR) is 140 cm³/mol. The SMILES string of the molecule is CN=C(NCCc1c[nH]c2ccccc12)NCc1ccc(N2CCN(C)CC2)nc1.I. The van der Waals surface area contributed by atoms with Gasteiger partial charge in [-0.15, -0.1) is 24.0 Å². The third kappa shape index (κ3) is 6.10. The van der Waals surface area contributed by atoms with Crippen molar-refractivity contribution in [2.24, 2.45) is 4.99 Å².